The minimum atomic E-state index is 0.128. The zero-order chi connectivity index (χ0) is 18.8. The van der Waals surface area contributed by atoms with Crippen LogP contribution in [0.3, 0.4) is 0 Å². The largest absolute Gasteiger partial charge is 0.496 e. The van der Waals surface area contributed by atoms with Crippen LogP contribution in [0.15, 0.2) is 46.9 Å². The van der Waals surface area contributed by atoms with Gasteiger partial charge in [0.15, 0.2) is 0 Å². The third-order valence-corrected chi connectivity index (χ3v) is 5.01. The standard InChI is InChI=1S/C19H12BrCl2N3O/c1-26-18-5-2-10(6-15(18)20)12-8-17(25-19(24)14(12)9-23)13-7-11(21)3-4-16(13)22/h2-8H,1H3,(H2,24,25). The van der Waals surface area contributed by atoms with Gasteiger partial charge in [0.05, 0.1) is 22.3 Å². The number of anilines is 1. The van der Waals surface area contributed by atoms with Gasteiger partial charge in [-0.15, -0.1) is 0 Å². The van der Waals surface area contributed by atoms with E-state index < -0.39 is 0 Å². The first-order valence-electron chi connectivity index (χ1n) is 7.44. The predicted octanol–water partition coefficient (Wildman–Crippen LogP) is 5.95. The maximum atomic E-state index is 9.54. The summed E-state index contributed by atoms with van der Waals surface area (Å²) < 4.78 is 6.02. The number of halogens is 3. The molecule has 4 nitrogen and oxygen atoms in total. The second-order valence-corrected chi connectivity index (χ2v) is 7.10. The van der Waals surface area contributed by atoms with E-state index in [9.17, 15) is 5.26 Å². The molecule has 3 aromatic rings. The molecule has 2 aromatic carbocycles. The van der Waals surface area contributed by atoms with Crippen molar-refractivity contribution in [2.45, 2.75) is 0 Å². The molecule has 0 aliphatic heterocycles. The summed E-state index contributed by atoms with van der Waals surface area (Å²) in [6.45, 7) is 0. The topological polar surface area (TPSA) is 71.9 Å². The van der Waals surface area contributed by atoms with Gasteiger partial charge >= 0.3 is 0 Å². The van der Waals surface area contributed by atoms with Crippen molar-refractivity contribution < 1.29 is 4.74 Å². The number of aromatic nitrogens is 1. The summed E-state index contributed by atoms with van der Waals surface area (Å²) in [6.07, 6.45) is 0. The highest BCUT2D eigenvalue weighted by molar-refractivity contribution is 9.10. The molecule has 130 valence electrons. The highest BCUT2D eigenvalue weighted by Crippen LogP contribution is 2.37. The quantitative estimate of drug-likeness (QED) is 0.537. The van der Waals surface area contributed by atoms with Crippen LogP contribution in [0.5, 0.6) is 5.75 Å². The first-order chi connectivity index (χ1) is 12.4. The summed E-state index contributed by atoms with van der Waals surface area (Å²) in [5.74, 6) is 0.815. The van der Waals surface area contributed by atoms with Crippen LogP contribution in [0.2, 0.25) is 10.0 Å². The molecule has 1 aromatic heterocycles. The van der Waals surface area contributed by atoms with Gasteiger partial charge in [-0.2, -0.15) is 5.26 Å². The van der Waals surface area contributed by atoms with E-state index in [-0.39, 0.29) is 5.82 Å². The molecule has 0 saturated carbocycles. The Labute approximate surface area is 169 Å². The number of hydrogen-bond donors (Lipinski definition) is 1. The molecule has 0 fully saturated rings. The van der Waals surface area contributed by atoms with Crippen molar-refractivity contribution in [3.05, 3.63) is 62.5 Å². The lowest BCUT2D eigenvalue weighted by Gasteiger charge is -2.12. The molecule has 0 aliphatic carbocycles. The Morgan fingerprint density at radius 2 is 1.88 bits per heavy atom. The lowest BCUT2D eigenvalue weighted by Crippen LogP contribution is -2.00. The van der Waals surface area contributed by atoms with Crippen LogP contribution in [0.1, 0.15) is 5.56 Å². The molecule has 0 unspecified atom stereocenters. The van der Waals surface area contributed by atoms with Crippen LogP contribution in [0.4, 0.5) is 5.82 Å². The van der Waals surface area contributed by atoms with Crippen LogP contribution >= 0.6 is 39.1 Å². The fourth-order valence-electron chi connectivity index (χ4n) is 2.58. The number of nitrogens with zero attached hydrogens (tertiary/aromatic N) is 2. The van der Waals surface area contributed by atoms with Gasteiger partial charge in [-0.05, 0) is 57.9 Å². The van der Waals surface area contributed by atoms with Gasteiger partial charge < -0.3 is 10.5 Å². The molecule has 0 amide bonds. The maximum absolute atomic E-state index is 9.54. The Morgan fingerprint density at radius 1 is 1.12 bits per heavy atom. The van der Waals surface area contributed by atoms with Crippen molar-refractivity contribution >= 4 is 44.9 Å². The minimum Gasteiger partial charge on any atom is -0.496 e. The fourth-order valence-corrected chi connectivity index (χ4v) is 3.50. The number of nitriles is 1. The first-order valence-corrected chi connectivity index (χ1v) is 8.99. The van der Waals surface area contributed by atoms with Crippen LogP contribution in [0.25, 0.3) is 22.4 Å². The summed E-state index contributed by atoms with van der Waals surface area (Å²) >= 11 is 15.8. The molecule has 0 aliphatic rings. The first kappa shape index (κ1) is 18.5. The number of pyridine rings is 1. The molecule has 1 heterocycles. The van der Waals surface area contributed by atoms with E-state index in [2.05, 4.69) is 27.0 Å². The van der Waals surface area contributed by atoms with E-state index in [0.717, 1.165) is 10.0 Å². The Bertz CT molecular complexity index is 1050. The predicted molar refractivity (Wildman–Crippen MR) is 109 cm³/mol. The number of nitrogens with two attached hydrogens (primary N) is 1. The Balaban J connectivity index is 2.25. The zero-order valence-corrected chi connectivity index (χ0v) is 16.7. The smallest absolute Gasteiger partial charge is 0.142 e. The summed E-state index contributed by atoms with van der Waals surface area (Å²) in [5, 5.41) is 10.6. The van der Waals surface area contributed by atoms with E-state index in [4.69, 9.17) is 33.7 Å². The van der Waals surface area contributed by atoms with Crippen LogP contribution in [-0.4, -0.2) is 12.1 Å². The van der Waals surface area contributed by atoms with Crippen molar-refractivity contribution in [2.75, 3.05) is 12.8 Å². The van der Waals surface area contributed by atoms with Crippen LogP contribution in [-0.2, 0) is 0 Å². The Kier molecular flexibility index (Phi) is 5.38. The van der Waals surface area contributed by atoms with Gasteiger partial charge in [0.2, 0.25) is 0 Å². The van der Waals surface area contributed by atoms with E-state index in [0.29, 0.717) is 38.2 Å². The SMILES string of the molecule is COc1ccc(-c2cc(-c3cc(Cl)ccc3Cl)nc(N)c2C#N)cc1Br. The number of ether oxygens (including phenoxy) is 1. The summed E-state index contributed by atoms with van der Waals surface area (Å²) in [6, 6.07) is 14.5. The van der Waals surface area contributed by atoms with E-state index >= 15 is 0 Å². The number of methoxy groups -OCH3 is 1. The summed E-state index contributed by atoms with van der Waals surface area (Å²) in [7, 11) is 1.59. The summed E-state index contributed by atoms with van der Waals surface area (Å²) in [5.41, 5.74) is 8.96. The van der Waals surface area contributed by atoms with Gasteiger partial charge in [-0.1, -0.05) is 29.3 Å². The Morgan fingerprint density at radius 3 is 2.54 bits per heavy atom. The molecule has 0 atom stereocenters. The third-order valence-electron chi connectivity index (χ3n) is 3.83. The van der Waals surface area contributed by atoms with Crippen molar-refractivity contribution in [1.29, 1.82) is 5.26 Å². The number of benzene rings is 2. The molecular weight excluding hydrogens is 437 g/mol. The molecule has 2 N–H and O–H groups in total. The molecule has 7 heteroatoms. The molecule has 0 bridgehead atoms. The third kappa shape index (κ3) is 3.49. The van der Waals surface area contributed by atoms with Crippen LogP contribution in [0, 0.1) is 11.3 Å². The monoisotopic (exact) mass is 447 g/mol. The van der Waals surface area contributed by atoms with Gasteiger partial charge in [0, 0.05) is 16.1 Å². The van der Waals surface area contributed by atoms with Gasteiger partial charge in [0.25, 0.3) is 0 Å². The number of nitrogen functional groups attached to an aromatic ring is 1. The second kappa shape index (κ2) is 7.55. The lowest BCUT2D eigenvalue weighted by molar-refractivity contribution is 0.412. The minimum absolute atomic E-state index is 0.128. The molecule has 0 radical (unpaired) electrons. The highest BCUT2D eigenvalue weighted by atomic mass is 79.9. The molecule has 3 rings (SSSR count). The number of hydrogen-bond acceptors (Lipinski definition) is 4. The van der Waals surface area contributed by atoms with E-state index in [1.807, 2.05) is 18.2 Å². The Hall–Kier alpha value is -2.26. The maximum Gasteiger partial charge on any atom is 0.142 e. The highest BCUT2D eigenvalue weighted by Gasteiger charge is 2.16. The van der Waals surface area contributed by atoms with Crippen molar-refractivity contribution in [3.8, 4) is 34.2 Å². The van der Waals surface area contributed by atoms with Gasteiger partial charge in [-0.25, -0.2) is 4.98 Å². The lowest BCUT2D eigenvalue weighted by atomic mass is 9.98. The van der Waals surface area contributed by atoms with Gasteiger partial charge in [-0.3, -0.25) is 0 Å². The van der Waals surface area contributed by atoms with E-state index in [1.165, 1.54) is 0 Å². The molecular formula is C19H12BrCl2N3O. The van der Waals surface area contributed by atoms with Crippen molar-refractivity contribution in [2.24, 2.45) is 0 Å². The number of rotatable bonds is 3. The second-order valence-electron chi connectivity index (χ2n) is 5.40. The van der Waals surface area contributed by atoms with Crippen molar-refractivity contribution in [1.82, 2.24) is 4.98 Å². The van der Waals surface area contributed by atoms with Crippen molar-refractivity contribution in [3.63, 3.8) is 0 Å². The molecule has 0 saturated heterocycles. The van der Waals surface area contributed by atoms with Gasteiger partial charge in [0.1, 0.15) is 23.2 Å². The summed E-state index contributed by atoms with van der Waals surface area (Å²) in [4.78, 5) is 4.33. The average molecular weight is 449 g/mol. The molecule has 26 heavy (non-hydrogen) atoms. The fraction of sp³-hybridized carbons (Fsp3) is 0.0526. The average Bonchev–Trinajstić information content (AvgIpc) is 2.63. The van der Waals surface area contributed by atoms with E-state index in [1.54, 1.807) is 31.4 Å². The normalized spacial score (nSPS) is 10.4. The van der Waals surface area contributed by atoms with Crippen LogP contribution < -0.4 is 10.5 Å². The zero-order valence-electron chi connectivity index (χ0n) is 13.6. The molecule has 0 spiro atoms.